The number of carbonyl (C=O) groups is 1. The fourth-order valence-corrected chi connectivity index (χ4v) is 3.48. The summed E-state index contributed by atoms with van der Waals surface area (Å²) in [4.78, 5) is 17.0. The minimum Gasteiger partial charge on any atom is -0.429 e. The van der Waals surface area contributed by atoms with E-state index in [4.69, 9.17) is 5.73 Å². The van der Waals surface area contributed by atoms with Gasteiger partial charge in [0.05, 0.1) is 5.92 Å². The van der Waals surface area contributed by atoms with Crippen molar-refractivity contribution in [2.75, 3.05) is 11.8 Å². The van der Waals surface area contributed by atoms with Gasteiger partial charge in [0.25, 0.3) is 0 Å². The van der Waals surface area contributed by atoms with Crippen LogP contribution in [-0.4, -0.2) is 29.4 Å². The number of ketones is 1. The van der Waals surface area contributed by atoms with Crippen LogP contribution in [-0.2, 0) is 11.2 Å². The molecule has 0 unspecified atom stereocenters. The molecule has 0 amide bonds. The van der Waals surface area contributed by atoms with Gasteiger partial charge in [-0.2, -0.15) is 0 Å². The van der Waals surface area contributed by atoms with E-state index >= 15 is 0 Å². The summed E-state index contributed by atoms with van der Waals surface area (Å²) in [5, 5.41) is 14.9. The zero-order valence-corrected chi connectivity index (χ0v) is 14.8. The summed E-state index contributed by atoms with van der Waals surface area (Å²) in [6.07, 6.45) is 5.75. The second kappa shape index (κ2) is 7.35. The number of anilines is 1. The number of fused-ring (bicyclic) bond motifs is 2. The van der Waals surface area contributed by atoms with Crippen molar-refractivity contribution < 1.29 is 9.82 Å². The van der Waals surface area contributed by atoms with Gasteiger partial charge in [-0.25, -0.2) is 0 Å². The summed E-state index contributed by atoms with van der Waals surface area (Å²) in [5.41, 5.74) is 9.56. The molecule has 2 aromatic carbocycles. The topological polar surface area (TPSA) is 88.2 Å². The smallest absolute Gasteiger partial charge is 0.429 e. The quantitative estimate of drug-likeness (QED) is 0.611. The zero-order valence-electron chi connectivity index (χ0n) is 14.8. The summed E-state index contributed by atoms with van der Waals surface area (Å²) in [6, 6.07) is 13.7. The number of nitrogens with zero attached hydrogens (tertiary/aromatic N) is 1. The molecule has 134 valence electrons. The first-order valence-electron chi connectivity index (χ1n) is 8.96. The summed E-state index contributed by atoms with van der Waals surface area (Å²) in [5.74, 6) is 1.38. The molecule has 6 heteroatoms. The maximum atomic E-state index is 12.9. The lowest BCUT2D eigenvalue weighted by atomic mass is 9.78. The average Bonchev–Trinajstić information content (AvgIpc) is 2.68. The van der Waals surface area contributed by atoms with E-state index in [1.807, 2.05) is 54.7 Å². The van der Waals surface area contributed by atoms with Crippen molar-refractivity contribution in [3.05, 3.63) is 77.5 Å². The second-order valence-electron chi connectivity index (χ2n) is 6.78. The molecule has 1 aliphatic heterocycles. The van der Waals surface area contributed by atoms with Crippen LogP contribution in [0.25, 0.3) is 16.8 Å². The lowest BCUT2D eigenvalue weighted by molar-refractivity contribution is -0.119. The van der Waals surface area contributed by atoms with Gasteiger partial charge in [0.1, 0.15) is 5.78 Å². The van der Waals surface area contributed by atoms with Crippen molar-refractivity contribution in [3.63, 3.8) is 0 Å². The predicted molar refractivity (Wildman–Crippen MR) is 109 cm³/mol. The Bertz CT molecular complexity index is 1030. The Morgan fingerprint density at radius 3 is 2.93 bits per heavy atom. The summed E-state index contributed by atoms with van der Waals surface area (Å²) >= 11 is 0. The van der Waals surface area contributed by atoms with E-state index in [0.29, 0.717) is 6.42 Å². The molecule has 0 fully saturated rings. The largest absolute Gasteiger partial charge is 0.438 e. The molecular weight excluding hydrogens is 337 g/mol. The van der Waals surface area contributed by atoms with Gasteiger partial charge in [0.15, 0.2) is 0 Å². The van der Waals surface area contributed by atoms with Crippen LogP contribution in [0.15, 0.2) is 60.8 Å². The third-order valence-corrected chi connectivity index (χ3v) is 4.95. The van der Waals surface area contributed by atoms with Crippen LogP contribution in [0.5, 0.6) is 0 Å². The maximum absolute atomic E-state index is 12.9. The molecule has 0 bridgehead atoms. The lowest BCUT2D eigenvalue weighted by Crippen LogP contribution is -2.26. The Hall–Kier alpha value is -2.96. The molecule has 1 aliphatic rings. The monoisotopic (exact) mass is 357 g/mol. The van der Waals surface area contributed by atoms with E-state index in [9.17, 15) is 9.82 Å². The van der Waals surface area contributed by atoms with Crippen LogP contribution in [0, 0.1) is 0 Å². The van der Waals surface area contributed by atoms with Gasteiger partial charge >= 0.3 is 7.05 Å². The van der Waals surface area contributed by atoms with Gasteiger partial charge in [0.2, 0.25) is 0 Å². The molecule has 27 heavy (non-hydrogen) atoms. The van der Waals surface area contributed by atoms with Gasteiger partial charge in [-0.1, -0.05) is 42.4 Å². The normalized spacial score (nSPS) is 13.9. The predicted octanol–water partition coefficient (Wildman–Crippen LogP) is 2.55. The zero-order chi connectivity index (χ0) is 18.8. The van der Waals surface area contributed by atoms with Crippen LogP contribution in [0.2, 0.25) is 0 Å². The van der Waals surface area contributed by atoms with Gasteiger partial charge in [-0.15, -0.1) is 0 Å². The summed E-state index contributed by atoms with van der Waals surface area (Å²) in [7, 11) is -0.716. The van der Waals surface area contributed by atoms with Crippen LogP contribution in [0.3, 0.4) is 0 Å². The fraction of sp³-hybridized carbons (Fsp3) is 0.143. The van der Waals surface area contributed by atoms with Gasteiger partial charge in [-0.3, -0.25) is 9.78 Å². The first-order chi connectivity index (χ1) is 13.1. The van der Waals surface area contributed by atoms with Crippen LogP contribution >= 0.6 is 0 Å². The van der Waals surface area contributed by atoms with Crippen LogP contribution < -0.4 is 11.0 Å². The van der Waals surface area contributed by atoms with E-state index < -0.39 is 7.05 Å². The average molecular weight is 357 g/mol. The van der Waals surface area contributed by atoms with E-state index in [2.05, 4.69) is 10.2 Å². The number of carbonyl (C=O) groups excluding carboxylic acids is 1. The number of nitrogens with one attached hydrogen (secondary N) is 1. The van der Waals surface area contributed by atoms with Crippen molar-refractivity contribution in [2.45, 2.75) is 12.3 Å². The van der Waals surface area contributed by atoms with Gasteiger partial charge in [0, 0.05) is 36.4 Å². The van der Waals surface area contributed by atoms with Crippen molar-refractivity contribution in [3.8, 4) is 0 Å². The van der Waals surface area contributed by atoms with Crippen LogP contribution in [0.4, 0.5) is 5.69 Å². The molecule has 4 rings (SSSR count). The van der Waals surface area contributed by atoms with E-state index in [1.54, 1.807) is 12.2 Å². The Labute approximate surface area is 158 Å². The minimum absolute atomic E-state index is 0.0813. The molecule has 3 aromatic rings. The van der Waals surface area contributed by atoms with E-state index in [-0.39, 0.29) is 18.2 Å². The highest BCUT2D eigenvalue weighted by molar-refractivity contribution is 6.61. The molecule has 0 radical (unpaired) electrons. The third-order valence-electron chi connectivity index (χ3n) is 4.95. The number of hydrogen-bond acceptors (Lipinski definition) is 5. The molecule has 0 saturated carbocycles. The molecule has 1 aromatic heterocycles. The van der Waals surface area contributed by atoms with Crippen molar-refractivity contribution in [1.29, 1.82) is 0 Å². The Morgan fingerprint density at radius 2 is 2.07 bits per heavy atom. The maximum Gasteiger partial charge on any atom is 0.438 e. The SMILES string of the molecule is NC[C@@H](C(=O)Cc1ccc2cnccc2c1)c1ccc2c(c1)NB(O)C=C2. The lowest BCUT2D eigenvalue weighted by Gasteiger charge is -2.20. The molecule has 4 N–H and O–H groups in total. The molecule has 1 atom stereocenters. The third kappa shape index (κ3) is 3.63. The number of aromatic nitrogens is 1. The molecule has 2 heterocycles. The molecule has 0 aliphatic carbocycles. The highest BCUT2D eigenvalue weighted by Crippen LogP contribution is 2.28. The fourth-order valence-electron chi connectivity index (χ4n) is 3.48. The number of pyridine rings is 1. The van der Waals surface area contributed by atoms with E-state index in [0.717, 1.165) is 33.2 Å². The standard InChI is InChI=1S/C21H20BN3O2/c23-12-19(17-4-3-15-5-7-22(27)25-20(15)11-17)21(26)10-14-1-2-18-13-24-8-6-16(18)9-14/h1-9,11,13,19,25,27H,10,12,23H2/t19-/m1/s1. The highest BCUT2D eigenvalue weighted by atomic mass is 16.2. The Kier molecular flexibility index (Phi) is 4.75. The molecular formula is C21H20BN3O2. The first kappa shape index (κ1) is 17.5. The Morgan fingerprint density at radius 1 is 1.19 bits per heavy atom. The first-order valence-corrected chi connectivity index (χ1v) is 8.96. The van der Waals surface area contributed by atoms with Crippen molar-refractivity contribution >= 4 is 35.4 Å². The second-order valence-corrected chi connectivity index (χ2v) is 6.78. The highest BCUT2D eigenvalue weighted by Gasteiger charge is 2.22. The summed E-state index contributed by atoms with van der Waals surface area (Å²) in [6.45, 7) is 0.244. The summed E-state index contributed by atoms with van der Waals surface area (Å²) < 4.78 is 0. The van der Waals surface area contributed by atoms with Crippen LogP contribution in [0.1, 0.15) is 22.6 Å². The van der Waals surface area contributed by atoms with Crippen molar-refractivity contribution in [1.82, 2.24) is 4.98 Å². The van der Waals surface area contributed by atoms with Crippen molar-refractivity contribution in [2.24, 2.45) is 5.73 Å². The molecule has 0 saturated heterocycles. The van der Waals surface area contributed by atoms with Gasteiger partial charge in [-0.05, 0) is 34.2 Å². The van der Waals surface area contributed by atoms with E-state index in [1.165, 1.54) is 0 Å². The number of benzene rings is 2. The van der Waals surface area contributed by atoms with Gasteiger partial charge < -0.3 is 16.0 Å². The number of rotatable bonds is 5. The minimum atomic E-state index is -0.716. The molecule has 5 nitrogen and oxygen atoms in total. The number of hydrogen-bond donors (Lipinski definition) is 3. The Balaban J connectivity index is 1.57. The number of nitrogens with two attached hydrogens (primary N) is 1. The number of Topliss-reactive ketones (excluding diaryl/α,β-unsaturated/α-hetero) is 1. The molecule has 0 spiro atoms.